The predicted molar refractivity (Wildman–Crippen MR) is 55.9 cm³/mol. The molecule has 1 aromatic rings. The van der Waals surface area contributed by atoms with Crippen molar-refractivity contribution in [3.8, 4) is 0 Å². The number of rotatable bonds is 2. The van der Waals surface area contributed by atoms with E-state index >= 15 is 0 Å². The molecular formula is C10H13N3O2. The third-order valence-corrected chi connectivity index (χ3v) is 2.47. The molecule has 1 aliphatic rings. The number of carboxylic acids is 1. The van der Waals surface area contributed by atoms with Crippen LogP contribution in [0.2, 0.25) is 0 Å². The van der Waals surface area contributed by atoms with Crippen LogP contribution in [0.15, 0.2) is 24.4 Å². The number of nitrogens with one attached hydrogen (secondary N) is 1. The van der Waals surface area contributed by atoms with E-state index < -0.39 is 12.0 Å². The van der Waals surface area contributed by atoms with E-state index in [0.29, 0.717) is 13.1 Å². The number of carboxylic acid groups (broad SMARTS) is 1. The van der Waals surface area contributed by atoms with Crippen LogP contribution < -0.4 is 10.2 Å². The molecule has 1 aliphatic heterocycles. The number of piperazine rings is 1. The Morgan fingerprint density at radius 1 is 1.60 bits per heavy atom. The number of carbonyl (C=O) groups is 1. The number of nitrogens with zero attached hydrogens (tertiary/aromatic N) is 2. The predicted octanol–water partition coefficient (Wildman–Crippen LogP) is -0.0556. The fourth-order valence-electron chi connectivity index (χ4n) is 1.72. The van der Waals surface area contributed by atoms with Crippen LogP contribution in [0.4, 0.5) is 5.82 Å². The lowest BCUT2D eigenvalue weighted by atomic mass is 10.2. The van der Waals surface area contributed by atoms with Crippen molar-refractivity contribution >= 4 is 11.8 Å². The minimum absolute atomic E-state index is 0.464. The first kappa shape index (κ1) is 9.92. The van der Waals surface area contributed by atoms with Gasteiger partial charge in [0.1, 0.15) is 11.9 Å². The zero-order valence-corrected chi connectivity index (χ0v) is 8.26. The zero-order chi connectivity index (χ0) is 10.7. The Labute approximate surface area is 87.7 Å². The molecule has 0 spiro atoms. The van der Waals surface area contributed by atoms with Crippen LogP contribution in [0, 0.1) is 0 Å². The molecule has 5 nitrogen and oxygen atoms in total. The van der Waals surface area contributed by atoms with E-state index in [1.54, 1.807) is 6.20 Å². The topological polar surface area (TPSA) is 65.5 Å². The number of hydrogen-bond acceptors (Lipinski definition) is 4. The third-order valence-electron chi connectivity index (χ3n) is 2.47. The van der Waals surface area contributed by atoms with Crippen molar-refractivity contribution in [1.29, 1.82) is 0 Å². The van der Waals surface area contributed by atoms with E-state index in [2.05, 4.69) is 10.3 Å². The minimum Gasteiger partial charge on any atom is -0.480 e. The van der Waals surface area contributed by atoms with Crippen LogP contribution >= 0.6 is 0 Å². The number of aliphatic carboxylic acids is 1. The zero-order valence-electron chi connectivity index (χ0n) is 8.26. The molecule has 15 heavy (non-hydrogen) atoms. The first-order valence-electron chi connectivity index (χ1n) is 4.90. The maximum Gasteiger partial charge on any atom is 0.327 e. The molecular weight excluding hydrogens is 194 g/mol. The van der Waals surface area contributed by atoms with Gasteiger partial charge in [-0.05, 0) is 12.1 Å². The van der Waals surface area contributed by atoms with E-state index in [1.807, 2.05) is 23.1 Å². The molecule has 1 fully saturated rings. The lowest BCUT2D eigenvalue weighted by Gasteiger charge is -2.34. The van der Waals surface area contributed by atoms with Gasteiger partial charge < -0.3 is 15.3 Å². The standard InChI is InChI=1S/C10H13N3O2/c14-10(15)8-7-11-5-6-13(8)9-3-1-2-4-12-9/h1-4,8,11H,5-7H2,(H,14,15)/t8-/m0/s1. The lowest BCUT2D eigenvalue weighted by Crippen LogP contribution is -2.55. The van der Waals surface area contributed by atoms with Crippen LogP contribution in [0.5, 0.6) is 0 Å². The monoisotopic (exact) mass is 207 g/mol. The Morgan fingerprint density at radius 2 is 2.47 bits per heavy atom. The molecule has 80 valence electrons. The van der Waals surface area contributed by atoms with Crippen LogP contribution in [0.25, 0.3) is 0 Å². The van der Waals surface area contributed by atoms with E-state index in [9.17, 15) is 4.79 Å². The van der Waals surface area contributed by atoms with Gasteiger partial charge in [0.05, 0.1) is 0 Å². The van der Waals surface area contributed by atoms with Gasteiger partial charge in [-0.3, -0.25) is 0 Å². The van der Waals surface area contributed by atoms with Gasteiger partial charge in [-0.1, -0.05) is 6.07 Å². The summed E-state index contributed by atoms with van der Waals surface area (Å²) in [5.41, 5.74) is 0. The average molecular weight is 207 g/mol. The van der Waals surface area contributed by atoms with E-state index in [4.69, 9.17) is 5.11 Å². The summed E-state index contributed by atoms with van der Waals surface area (Å²) in [6.07, 6.45) is 1.68. The Balaban J connectivity index is 2.22. The molecule has 1 aromatic heterocycles. The highest BCUT2D eigenvalue weighted by atomic mass is 16.4. The maximum atomic E-state index is 11.0. The van der Waals surface area contributed by atoms with Gasteiger partial charge in [0.25, 0.3) is 0 Å². The second kappa shape index (κ2) is 4.27. The molecule has 0 bridgehead atoms. The Morgan fingerprint density at radius 3 is 3.13 bits per heavy atom. The fraction of sp³-hybridized carbons (Fsp3) is 0.400. The van der Waals surface area contributed by atoms with Crippen molar-refractivity contribution in [2.75, 3.05) is 24.5 Å². The van der Waals surface area contributed by atoms with Crippen molar-refractivity contribution < 1.29 is 9.90 Å². The van der Waals surface area contributed by atoms with Gasteiger partial charge in [-0.15, -0.1) is 0 Å². The number of anilines is 1. The molecule has 0 aliphatic carbocycles. The summed E-state index contributed by atoms with van der Waals surface area (Å²) in [5, 5.41) is 12.1. The Hall–Kier alpha value is -1.62. The summed E-state index contributed by atoms with van der Waals surface area (Å²) in [6, 6.07) is 5.00. The van der Waals surface area contributed by atoms with Crippen LogP contribution in [-0.4, -0.2) is 41.7 Å². The van der Waals surface area contributed by atoms with Crippen molar-refractivity contribution in [3.63, 3.8) is 0 Å². The van der Waals surface area contributed by atoms with Crippen molar-refractivity contribution in [3.05, 3.63) is 24.4 Å². The summed E-state index contributed by atoms with van der Waals surface area (Å²) in [7, 11) is 0. The Kier molecular flexibility index (Phi) is 2.82. The molecule has 0 unspecified atom stereocenters. The summed E-state index contributed by atoms with van der Waals surface area (Å²) < 4.78 is 0. The fourth-order valence-corrected chi connectivity index (χ4v) is 1.72. The second-order valence-corrected chi connectivity index (χ2v) is 3.44. The molecule has 0 aromatic carbocycles. The van der Waals surface area contributed by atoms with Crippen molar-refractivity contribution in [2.24, 2.45) is 0 Å². The number of aromatic nitrogens is 1. The number of hydrogen-bond donors (Lipinski definition) is 2. The Bertz CT molecular complexity index is 342. The minimum atomic E-state index is -0.812. The van der Waals surface area contributed by atoms with E-state index in [-0.39, 0.29) is 0 Å². The highest BCUT2D eigenvalue weighted by molar-refractivity contribution is 5.78. The molecule has 2 heterocycles. The van der Waals surface area contributed by atoms with Gasteiger partial charge in [-0.2, -0.15) is 0 Å². The summed E-state index contributed by atoms with van der Waals surface area (Å²) in [6.45, 7) is 1.93. The summed E-state index contributed by atoms with van der Waals surface area (Å²) in [5.74, 6) is -0.0840. The van der Waals surface area contributed by atoms with Gasteiger partial charge in [0, 0.05) is 25.8 Å². The first-order chi connectivity index (χ1) is 7.29. The van der Waals surface area contributed by atoms with Gasteiger partial charge in [-0.25, -0.2) is 9.78 Å². The van der Waals surface area contributed by atoms with Gasteiger partial charge >= 0.3 is 5.97 Å². The molecule has 0 radical (unpaired) electrons. The highest BCUT2D eigenvalue weighted by Crippen LogP contribution is 2.14. The molecule has 1 atom stereocenters. The smallest absolute Gasteiger partial charge is 0.327 e. The number of pyridine rings is 1. The third kappa shape index (κ3) is 2.07. The molecule has 2 N–H and O–H groups in total. The molecule has 1 saturated heterocycles. The quantitative estimate of drug-likeness (QED) is 0.711. The summed E-state index contributed by atoms with van der Waals surface area (Å²) in [4.78, 5) is 17.0. The van der Waals surface area contributed by atoms with Gasteiger partial charge in [0.2, 0.25) is 0 Å². The van der Waals surface area contributed by atoms with Crippen LogP contribution in [0.1, 0.15) is 0 Å². The lowest BCUT2D eigenvalue weighted by molar-refractivity contribution is -0.138. The van der Waals surface area contributed by atoms with E-state index in [1.165, 1.54) is 0 Å². The van der Waals surface area contributed by atoms with Gasteiger partial charge in [0.15, 0.2) is 0 Å². The first-order valence-corrected chi connectivity index (χ1v) is 4.90. The maximum absolute atomic E-state index is 11.0. The highest BCUT2D eigenvalue weighted by Gasteiger charge is 2.28. The molecule has 0 saturated carbocycles. The van der Waals surface area contributed by atoms with E-state index in [0.717, 1.165) is 12.4 Å². The molecule has 5 heteroatoms. The average Bonchev–Trinajstić information content (AvgIpc) is 2.30. The van der Waals surface area contributed by atoms with Crippen LogP contribution in [0.3, 0.4) is 0 Å². The normalized spacial score (nSPS) is 21.3. The SMILES string of the molecule is O=C(O)[C@@H]1CNCCN1c1ccccn1. The van der Waals surface area contributed by atoms with Crippen molar-refractivity contribution in [1.82, 2.24) is 10.3 Å². The second-order valence-electron chi connectivity index (χ2n) is 3.44. The molecule has 2 rings (SSSR count). The largest absolute Gasteiger partial charge is 0.480 e. The van der Waals surface area contributed by atoms with Crippen molar-refractivity contribution in [2.45, 2.75) is 6.04 Å². The summed E-state index contributed by atoms with van der Waals surface area (Å²) >= 11 is 0. The molecule has 0 amide bonds. The van der Waals surface area contributed by atoms with Crippen LogP contribution in [-0.2, 0) is 4.79 Å².